The highest BCUT2D eigenvalue weighted by atomic mass is 35.5. The van der Waals surface area contributed by atoms with E-state index in [-0.39, 0.29) is 5.54 Å². The summed E-state index contributed by atoms with van der Waals surface area (Å²) in [6.07, 6.45) is 9.77. The Morgan fingerprint density at radius 1 is 1.08 bits per heavy atom. The molecule has 0 radical (unpaired) electrons. The lowest BCUT2D eigenvalue weighted by atomic mass is 9.53. The average molecular weight is 382 g/mol. The van der Waals surface area contributed by atoms with Gasteiger partial charge in [-0.2, -0.15) is 5.10 Å². The standard InChI is InChI=1S/C18H21Cl2N3S/c19-15-2-1-11(6-16(15)20)10-21-23-17(24)22-18-7-12-3-13(8-18)5-14(4-12)9-18/h1-2,6,10,12-14H,3-5,7-9H2,(H2,22,23,24)/b21-10-. The topological polar surface area (TPSA) is 36.4 Å². The molecule has 128 valence electrons. The first-order valence-corrected chi connectivity index (χ1v) is 9.74. The summed E-state index contributed by atoms with van der Waals surface area (Å²) in [7, 11) is 0. The van der Waals surface area contributed by atoms with Gasteiger partial charge in [-0.05, 0) is 86.2 Å². The van der Waals surface area contributed by atoms with Gasteiger partial charge in [0.2, 0.25) is 0 Å². The first-order valence-electron chi connectivity index (χ1n) is 8.58. The number of nitrogens with one attached hydrogen (secondary N) is 2. The van der Waals surface area contributed by atoms with Crippen LogP contribution in [-0.4, -0.2) is 16.9 Å². The highest BCUT2D eigenvalue weighted by Crippen LogP contribution is 2.55. The lowest BCUT2D eigenvalue weighted by Gasteiger charge is -2.57. The molecule has 4 aliphatic rings. The zero-order valence-corrected chi connectivity index (χ0v) is 15.7. The Bertz CT molecular complexity index is 654. The number of hydrogen-bond acceptors (Lipinski definition) is 2. The fourth-order valence-corrected chi connectivity index (χ4v) is 5.87. The summed E-state index contributed by atoms with van der Waals surface area (Å²) < 4.78 is 0. The quantitative estimate of drug-likeness (QED) is 0.450. The highest BCUT2D eigenvalue weighted by Gasteiger charge is 2.51. The summed E-state index contributed by atoms with van der Waals surface area (Å²) in [5, 5.41) is 9.50. The lowest BCUT2D eigenvalue weighted by Crippen LogP contribution is -2.61. The molecule has 0 atom stereocenters. The SMILES string of the molecule is S=C(N/N=C\c1ccc(Cl)c(Cl)c1)NC12CC3CC(CC(C3)C1)C2. The van der Waals surface area contributed by atoms with Crippen molar-refractivity contribution in [3.63, 3.8) is 0 Å². The van der Waals surface area contributed by atoms with Crippen LogP contribution in [0.3, 0.4) is 0 Å². The fraction of sp³-hybridized carbons (Fsp3) is 0.556. The Kier molecular flexibility index (Phi) is 4.48. The minimum atomic E-state index is 0.206. The minimum absolute atomic E-state index is 0.206. The van der Waals surface area contributed by atoms with Crippen LogP contribution in [0.1, 0.15) is 44.1 Å². The van der Waals surface area contributed by atoms with Crippen LogP contribution in [0.2, 0.25) is 10.0 Å². The molecule has 0 aliphatic heterocycles. The van der Waals surface area contributed by atoms with Crippen molar-refractivity contribution in [1.29, 1.82) is 0 Å². The number of rotatable bonds is 3. The van der Waals surface area contributed by atoms with Crippen molar-refractivity contribution in [2.75, 3.05) is 0 Å². The van der Waals surface area contributed by atoms with Crippen molar-refractivity contribution in [1.82, 2.24) is 10.7 Å². The summed E-state index contributed by atoms with van der Waals surface area (Å²) in [4.78, 5) is 0. The largest absolute Gasteiger partial charge is 0.356 e. The Hall–Kier alpha value is -0.840. The number of benzene rings is 1. The molecule has 6 heteroatoms. The Balaban J connectivity index is 1.35. The molecule has 0 amide bonds. The van der Waals surface area contributed by atoms with E-state index in [4.69, 9.17) is 35.4 Å². The Morgan fingerprint density at radius 2 is 1.71 bits per heavy atom. The van der Waals surface area contributed by atoms with Gasteiger partial charge in [0, 0.05) is 5.54 Å². The molecule has 0 unspecified atom stereocenters. The Morgan fingerprint density at radius 3 is 2.29 bits per heavy atom. The summed E-state index contributed by atoms with van der Waals surface area (Å²) in [6, 6.07) is 5.41. The van der Waals surface area contributed by atoms with Crippen molar-refractivity contribution in [2.45, 2.75) is 44.1 Å². The van der Waals surface area contributed by atoms with E-state index < -0.39 is 0 Å². The monoisotopic (exact) mass is 381 g/mol. The van der Waals surface area contributed by atoms with Crippen LogP contribution in [0.4, 0.5) is 0 Å². The Labute approximate surface area is 158 Å². The van der Waals surface area contributed by atoms with Gasteiger partial charge in [-0.1, -0.05) is 29.3 Å². The van der Waals surface area contributed by atoms with Crippen LogP contribution in [0.15, 0.2) is 23.3 Å². The van der Waals surface area contributed by atoms with Gasteiger partial charge in [0.05, 0.1) is 16.3 Å². The molecule has 2 N–H and O–H groups in total. The summed E-state index contributed by atoms with van der Waals surface area (Å²) in [5.41, 5.74) is 4.04. The van der Waals surface area contributed by atoms with E-state index in [9.17, 15) is 0 Å². The molecule has 3 nitrogen and oxygen atoms in total. The lowest BCUT2D eigenvalue weighted by molar-refractivity contribution is -0.0101. The van der Waals surface area contributed by atoms with Gasteiger partial charge in [-0.15, -0.1) is 0 Å². The van der Waals surface area contributed by atoms with Gasteiger partial charge in [0.1, 0.15) is 0 Å². The van der Waals surface area contributed by atoms with E-state index in [0.29, 0.717) is 15.2 Å². The molecule has 4 fully saturated rings. The van der Waals surface area contributed by atoms with Crippen LogP contribution in [-0.2, 0) is 0 Å². The van der Waals surface area contributed by atoms with Crippen LogP contribution < -0.4 is 10.7 Å². The normalized spacial score (nSPS) is 33.8. The molecule has 1 aromatic rings. The molecule has 0 saturated heterocycles. The van der Waals surface area contributed by atoms with Gasteiger partial charge in [-0.25, -0.2) is 0 Å². The maximum atomic E-state index is 6.01. The van der Waals surface area contributed by atoms with E-state index in [1.165, 1.54) is 38.5 Å². The molecular weight excluding hydrogens is 361 g/mol. The van der Waals surface area contributed by atoms with Gasteiger partial charge in [-0.3, -0.25) is 5.43 Å². The maximum Gasteiger partial charge on any atom is 0.187 e. The maximum absolute atomic E-state index is 6.01. The average Bonchev–Trinajstić information content (AvgIpc) is 2.49. The van der Waals surface area contributed by atoms with E-state index in [0.717, 1.165) is 23.3 Å². The number of hydrazone groups is 1. The molecule has 5 rings (SSSR count). The summed E-state index contributed by atoms with van der Waals surface area (Å²) in [6.45, 7) is 0. The van der Waals surface area contributed by atoms with Crippen molar-refractivity contribution < 1.29 is 0 Å². The van der Waals surface area contributed by atoms with Crippen molar-refractivity contribution in [3.8, 4) is 0 Å². The number of hydrogen-bond donors (Lipinski definition) is 2. The smallest absolute Gasteiger partial charge is 0.187 e. The third-order valence-corrected chi connectivity index (χ3v) is 6.67. The van der Waals surface area contributed by atoms with Crippen LogP contribution in [0.25, 0.3) is 0 Å². The molecule has 4 aliphatic carbocycles. The predicted molar refractivity (Wildman–Crippen MR) is 104 cm³/mol. The minimum Gasteiger partial charge on any atom is -0.356 e. The second-order valence-corrected chi connectivity index (χ2v) is 8.92. The molecule has 4 bridgehead atoms. The van der Waals surface area contributed by atoms with Crippen LogP contribution >= 0.6 is 35.4 Å². The second kappa shape index (κ2) is 6.47. The zero-order valence-electron chi connectivity index (χ0n) is 13.4. The summed E-state index contributed by atoms with van der Waals surface area (Å²) >= 11 is 17.4. The first kappa shape index (κ1) is 16.6. The molecule has 1 aromatic carbocycles. The highest BCUT2D eigenvalue weighted by molar-refractivity contribution is 7.80. The molecule has 0 aromatic heterocycles. The molecule has 24 heavy (non-hydrogen) atoms. The first-order chi connectivity index (χ1) is 11.5. The van der Waals surface area contributed by atoms with Gasteiger partial charge >= 0.3 is 0 Å². The van der Waals surface area contributed by atoms with E-state index in [1.54, 1.807) is 18.3 Å². The van der Waals surface area contributed by atoms with Crippen molar-refractivity contribution in [3.05, 3.63) is 33.8 Å². The zero-order chi connectivity index (χ0) is 16.7. The third kappa shape index (κ3) is 3.42. The number of nitrogens with zero attached hydrogens (tertiary/aromatic N) is 1. The van der Waals surface area contributed by atoms with Crippen molar-refractivity contribution >= 4 is 46.7 Å². The molecule has 4 saturated carbocycles. The van der Waals surface area contributed by atoms with Crippen LogP contribution in [0, 0.1) is 17.8 Å². The van der Waals surface area contributed by atoms with Crippen LogP contribution in [0.5, 0.6) is 0 Å². The van der Waals surface area contributed by atoms with E-state index in [2.05, 4.69) is 15.8 Å². The number of thiocarbonyl (C=S) groups is 1. The molecular formula is C18H21Cl2N3S. The molecule has 0 spiro atoms. The van der Waals surface area contributed by atoms with Gasteiger partial charge < -0.3 is 5.32 Å². The van der Waals surface area contributed by atoms with E-state index >= 15 is 0 Å². The van der Waals surface area contributed by atoms with Crippen molar-refractivity contribution in [2.24, 2.45) is 22.9 Å². The number of halogens is 2. The third-order valence-electron chi connectivity index (χ3n) is 5.74. The molecule has 0 heterocycles. The summed E-state index contributed by atoms with van der Waals surface area (Å²) in [5.74, 6) is 2.68. The predicted octanol–water partition coefficient (Wildman–Crippen LogP) is 4.76. The van der Waals surface area contributed by atoms with E-state index in [1.807, 2.05) is 6.07 Å². The fourth-order valence-electron chi connectivity index (χ4n) is 5.29. The van der Waals surface area contributed by atoms with Gasteiger partial charge in [0.25, 0.3) is 0 Å². The van der Waals surface area contributed by atoms with Gasteiger partial charge in [0.15, 0.2) is 5.11 Å². The second-order valence-electron chi connectivity index (χ2n) is 7.70.